The lowest BCUT2D eigenvalue weighted by Gasteiger charge is -2.28. The van der Waals surface area contributed by atoms with Gasteiger partial charge in [0.15, 0.2) is 0 Å². The minimum absolute atomic E-state index is 0.146. The van der Waals surface area contributed by atoms with Crippen LogP contribution >= 0.6 is 0 Å². The zero-order valence-corrected chi connectivity index (χ0v) is 8.00. The molecule has 0 aliphatic rings. The van der Waals surface area contributed by atoms with Crippen molar-refractivity contribution in [1.82, 2.24) is 10.9 Å². The highest BCUT2D eigenvalue weighted by atomic mass is 15.4. The van der Waals surface area contributed by atoms with Gasteiger partial charge in [-0.25, -0.2) is 0 Å². The molecule has 10 heavy (non-hydrogen) atoms. The van der Waals surface area contributed by atoms with Crippen LogP contribution in [0.4, 0.5) is 0 Å². The molecule has 0 aromatic rings. The molecule has 0 saturated carbocycles. The quantitative estimate of drug-likeness (QED) is 0.547. The minimum atomic E-state index is 0.146. The Hall–Kier alpha value is -0.0800. The van der Waals surface area contributed by atoms with Gasteiger partial charge in [-0.15, -0.1) is 0 Å². The van der Waals surface area contributed by atoms with Crippen LogP contribution in [0, 0.1) is 0 Å². The van der Waals surface area contributed by atoms with Gasteiger partial charge in [0, 0.05) is 11.1 Å². The molecule has 0 aliphatic heterocycles. The highest BCUT2D eigenvalue weighted by molar-refractivity contribution is 4.73. The van der Waals surface area contributed by atoms with Gasteiger partial charge in [-0.2, -0.15) is 0 Å². The normalized spacial score (nSPS) is 13.8. The van der Waals surface area contributed by atoms with E-state index < -0.39 is 0 Å². The molecule has 0 rings (SSSR count). The van der Waals surface area contributed by atoms with Crippen LogP contribution in [0.25, 0.3) is 0 Å². The van der Waals surface area contributed by atoms with Crippen LogP contribution in [0.1, 0.15) is 41.5 Å². The minimum Gasteiger partial charge on any atom is -0.252 e. The second kappa shape index (κ2) is 2.89. The molecule has 2 N–H and O–H groups in total. The van der Waals surface area contributed by atoms with Crippen LogP contribution in [0.3, 0.4) is 0 Å². The van der Waals surface area contributed by atoms with Crippen molar-refractivity contribution < 1.29 is 0 Å². The van der Waals surface area contributed by atoms with Gasteiger partial charge in [0.05, 0.1) is 0 Å². The molecule has 0 aliphatic carbocycles. The maximum absolute atomic E-state index is 3.21. The lowest BCUT2D eigenvalue weighted by atomic mass is 10.1. The molecule has 0 aromatic carbocycles. The third-order valence-electron chi connectivity index (χ3n) is 0.812. The lowest BCUT2D eigenvalue weighted by molar-refractivity contribution is 0.275. The van der Waals surface area contributed by atoms with Crippen molar-refractivity contribution in [1.29, 1.82) is 0 Å². The Kier molecular flexibility index (Phi) is 2.86. The molecule has 0 radical (unpaired) electrons. The zero-order valence-electron chi connectivity index (χ0n) is 8.00. The fourth-order valence-corrected chi connectivity index (χ4v) is 0.375. The van der Waals surface area contributed by atoms with E-state index in [0.717, 1.165) is 0 Å². The maximum Gasteiger partial charge on any atom is 0.0239 e. The van der Waals surface area contributed by atoms with Crippen LogP contribution in [0.15, 0.2) is 0 Å². The van der Waals surface area contributed by atoms with Crippen molar-refractivity contribution in [2.45, 2.75) is 52.6 Å². The van der Waals surface area contributed by atoms with E-state index in [1.54, 1.807) is 0 Å². The number of hydrogen-bond donors (Lipinski definition) is 2. The summed E-state index contributed by atoms with van der Waals surface area (Å²) in [7, 11) is 0. The topological polar surface area (TPSA) is 24.1 Å². The number of nitrogens with one attached hydrogen (secondary N) is 2. The lowest BCUT2D eigenvalue weighted by Crippen LogP contribution is -2.53. The summed E-state index contributed by atoms with van der Waals surface area (Å²) in [6, 6.07) is 0. The Balaban J connectivity index is 3.56. The van der Waals surface area contributed by atoms with Gasteiger partial charge >= 0.3 is 0 Å². The van der Waals surface area contributed by atoms with E-state index in [9.17, 15) is 0 Å². The van der Waals surface area contributed by atoms with Gasteiger partial charge in [0.2, 0.25) is 0 Å². The van der Waals surface area contributed by atoms with E-state index in [-0.39, 0.29) is 11.1 Å². The highest BCUT2D eigenvalue weighted by Crippen LogP contribution is 2.00. The van der Waals surface area contributed by atoms with Crippen LogP contribution in [-0.4, -0.2) is 11.1 Å². The predicted octanol–water partition coefficient (Wildman–Crippen LogP) is 1.68. The molecule has 0 bridgehead atoms. The van der Waals surface area contributed by atoms with Crippen LogP contribution in [-0.2, 0) is 0 Å². The van der Waals surface area contributed by atoms with Crippen LogP contribution in [0.5, 0.6) is 0 Å². The van der Waals surface area contributed by atoms with E-state index in [4.69, 9.17) is 0 Å². The van der Waals surface area contributed by atoms with Gasteiger partial charge in [-0.1, -0.05) is 0 Å². The van der Waals surface area contributed by atoms with Crippen molar-refractivity contribution in [3.63, 3.8) is 0 Å². The van der Waals surface area contributed by atoms with Gasteiger partial charge in [-0.3, -0.25) is 10.9 Å². The Morgan fingerprint density at radius 3 is 0.900 bits per heavy atom. The molecule has 62 valence electrons. The summed E-state index contributed by atoms with van der Waals surface area (Å²) in [5, 5.41) is 0. The fourth-order valence-electron chi connectivity index (χ4n) is 0.375. The molecule has 2 heteroatoms. The van der Waals surface area contributed by atoms with Gasteiger partial charge in [0.1, 0.15) is 0 Å². The largest absolute Gasteiger partial charge is 0.252 e. The molecule has 0 aromatic heterocycles. The standard InChI is InChI=1S/C8H20N2/c1-7(2,3)9-10-8(4,5)6/h9-10H,1-6H3. The van der Waals surface area contributed by atoms with E-state index >= 15 is 0 Å². The molecule has 0 spiro atoms. The Morgan fingerprint density at radius 2 is 0.800 bits per heavy atom. The van der Waals surface area contributed by atoms with Crippen molar-refractivity contribution in [2.75, 3.05) is 0 Å². The molecule has 0 saturated heterocycles. The fraction of sp³-hybridized carbons (Fsp3) is 1.00. The highest BCUT2D eigenvalue weighted by Gasteiger charge is 2.13. The van der Waals surface area contributed by atoms with Gasteiger partial charge in [-0.05, 0) is 41.5 Å². The summed E-state index contributed by atoms with van der Waals surface area (Å²) in [5.74, 6) is 0. The summed E-state index contributed by atoms with van der Waals surface area (Å²) in [5.41, 5.74) is 6.72. The van der Waals surface area contributed by atoms with E-state index in [2.05, 4.69) is 52.4 Å². The molecule has 2 nitrogen and oxygen atoms in total. The van der Waals surface area contributed by atoms with Crippen molar-refractivity contribution in [3.8, 4) is 0 Å². The van der Waals surface area contributed by atoms with Crippen molar-refractivity contribution >= 4 is 0 Å². The first-order chi connectivity index (χ1) is 4.21. The Bertz CT molecular complexity index is 80.8. The predicted molar refractivity (Wildman–Crippen MR) is 45.8 cm³/mol. The number of hydrogen-bond acceptors (Lipinski definition) is 2. The molecule has 0 amide bonds. The second-order valence-corrected chi connectivity index (χ2v) is 4.75. The summed E-state index contributed by atoms with van der Waals surface area (Å²) >= 11 is 0. The van der Waals surface area contributed by atoms with E-state index in [1.165, 1.54) is 0 Å². The van der Waals surface area contributed by atoms with E-state index in [0.29, 0.717) is 0 Å². The van der Waals surface area contributed by atoms with Crippen molar-refractivity contribution in [2.24, 2.45) is 0 Å². The number of hydrazine groups is 1. The molecular formula is C8H20N2. The summed E-state index contributed by atoms with van der Waals surface area (Å²) in [6.07, 6.45) is 0. The average molecular weight is 144 g/mol. The molecule has 0 heterocycles. The second-order valence-electron chi connectivity index (χ2n) is 4.75. The average Bonchev–Trinajstić information content (AvgIpc) is 1.57. The summed E-state index contributed by atoms with van der Waals surface area (Å²) < 4.78 is 0. The molecule has 0 unspecified atom stereocenters. The first-order valence-electron chi connectivity index (χ1n) is 3.75. The summed E-state index contributed by atoms with van der Waals surface area (Å²) in [4.78, 5) is 0. The molecule has 0 fully saturated rings. The number of rotatable bonds is 1. The first-order valence-corrected chi connectivity index (χ1v) is 3.75. The van der Waals surface area contributed by atoms with Gasteiger partial charge in [0.25, 0.3) is 0 Å². The molecular weight excluding hydrogens is 124 g/mol. The molecule has 0 atom stereocenters. The van der Waals surface area contributed by atoms with Crippen LogP contribution in [0.2, 0.25) is 0 Å². The first kappa shape index (κ1) is 9.92. The SMILES string of the molecule is CC(C)(C)NNC(C)(C)C. The maximum atomic E-state index is 3.21. The zero-order chi connectivity index (χ0) is 8.41. The van der Waals surface area contributed by atoms with Crippen LogP contribution < -0.4 is 10.9 Å². The Labute approximate surface area is 64.4 Å². The Morgan fingerprint density at radius 1 is 0.600 bits per heavy atom. The van der Waals surface area contributed by atoms with Gasteiger partial charge < -0.3 is 0 Å². The smallest absolute Gasteiger partial charge is 0.0239 e. The third-order valence-corrected chi connectivity index (χ3v) is 0.812. The third kappa shape index (κ3) is 7.92. The monoisotopic (exact) mass is 144 g/mol. The van der Waals surface area contributed by atoms with Crippen molar-refractivity contribution in [3.05, 3.63) is 0 Å². The van der Waals surface area contributed by atoms with E-state index in [1.807, 2.05) is 0 Å². The summed E-state index contributed by atoms with van der Waals surface area (Å²) in [6.45, 7) is 12.8.